The first-order chi connectivity index (χ1) is 13.8. The molecule has 28 heavy (non-hydrogen) atoms. The number of hydrogen-bond acceptors (Lipinski definition) is 6. The molecule has 0 saturated carbocycles. The third-order valence-electron chi connectivity index (χ3n) is 5.04. The first kappa shape index (κ1) is 19.5. The van der Waals surface area contributed by atoms with Gasteiger partial charge in [-0.1, -0.05) is 36.5 Å². The average Bonchev–Trinajstić information content (AvgIpc) is 3.41. The van der Waals surface area contributed by atoms with Gasteiger partial charge >= 0.3 is 0 Å². The number of carbonyl (C=O) groups is 1. The SMILES string of the molecule is CCc1cccc2sc(N(CCCN3CCOCC3)C(=O)c3cccs3)nc12. The Balaban J connectivity index is 1.56. The maximum atomic E-state index is 13.2. The number of thiophene rings is 1. The Morgan fingerprint density at radius 2 is 2.11 bits per heavy atom. The molecule has 0 radical (unpaired) electrons. The molecule has 0 N–H and O–H groups in total. The molecule has 1 aromatic carbocycles. The van der Waals surface area contributed by atoms with Crippen LogP contribution in [0.2, 0.25) is 0 Å². The number of amides is 1. The molecule has 1 aliphatic heterocycles. The van der Waals surface area contributed by atoms with E-state index in [4.69, 9.17) is 9.72 Å². The Hall–Kier alpha value is -1.80. The molecule has 4 rings (SSSR count). The minimum Gasteiger partial charge on any atom is -0.379 e. The topological polar surface area (TPSA) is 45.7 Å². The fraction of sp³-hybridized carbons (Fsp3) is 0.429. The van der Waals surface area contributed by atoms with Gasteiger partial charge in [0.05, 0.1) is 28.3 Å². The summed E-state index contributed by atoms with van der Waals surface area (Å²) in [6.45, 7) is 7.34. The van der Waals surface area contributed by atoms with E-state index in [1.165, 1.54) is 16.9 Å². The second-order valence-corrected chi connectivity index (χ2v) is 8.81. The number of morpholine rings is 1. The van der Waals surface area contributed by atoms with Crippen molar-refractivity contribution in [1.82, 2.24) is 9.88 Å². The molecule has 0 spiro atoms. The number of hydrogen-bond donors (Lipinski definition) is 0. The monoisotopic (exact) mass is 415 g/mol. The molecule has 1 saturated heterocycles. The number of para-hydroxylation sites is 1. The molecule has 2 aromatic heterocycles. The molecule has 0 aliphatic carbocycles. The van der Waals surface area contributed by atoms with Gasteiger partial charge in [-0.2, -0.15) is 0 Å². The number of fused-ring (bicyclic) bond motifs is 1. The third-order valence-corrected chi connectivity index (χ3v) is 6.94. The van der Waals surface area contributed by atoms with Crippen molar-refractivity contribution in [2.75, 3.05) is 44.3 Å². The van der Waals surface area contributed by atoms with E-state index in [2.05, 4.69) is 30.0 Å². The van der Waals surface area contributed by atoms with Gasteiger partial charge < -0.3 is 4.74 Å². The molecule has 0 unspecified atom stereocenters. The first-order valence-electron chi connectivity index (χ1n) is 9.80. The van der Waals surface area contributed by atoms with Gasteiger partial charge in [0.1, 0.15) is 0 Å². The van der Waals surface area contributed by atoms with E-state index in [9.17, 15) is 4.79 Å². The fourth-order valence-electron chi connectivity index (χ4n) is 3.49. The van der Waals surface area contributed by atoms with Gasteiger partial charge in [-0.15, -0.1) is 11.3 Å². The Labute approximate surface area is 173 Å². The van der Waals surface area contributed by atoms with Gasteiger partial charge in [-0.3, -0.25) is 14.6 Å². The van der Waals surface area contributed by atoms with Crippen LogP contribution in [0.3, 0.4) is 0 Å². The summed E-state index contributed by atoms with van der Waals surface area (Å²) in [5.74, 6) is 0.0501. The lowest BCUT2D eigenvalue weighted by atomic mass is 10.1. The van der Waals surface area contributed by atoms with Crippen LogP contribution in [0.5, 0.6) is 0 Å². The molecule has 0 bridgehead atoms. The van der Waals surface area contributed by atoms with Gasteiger partial charge in [-0.05, 0) is 35.9 Å². The predicted octanol–water partition coefficient (Wildman–Crippen LogP) is 4.29. The zero-order valence-electron chi connectivity index (χ0n) is 16.1. The van der Waals surface area contributed by atoms with E-state index in [1.807, 2.05) is 22.4 Å². The summed E-state index contributed by atoms with van der Waals surface area (Å²) in [4.78, 5) is 23.1. The van der Waals surface area contributed by atoms with Crippen molar-refractivity contribution in [2.45, 2.75) is 19.8 Å². The van der Waals surface area contributed by atoms with E-state index in [0.29, 0.717) is 6.54 Å². The Morgan fingerprint density at radius 3 is 2.86 bits per heavy atom. The molecule has 148 valence electrons. The van der Waals surface area contributed by atoms with Gasteiger partial charge in [-0.25, -0.2) is 4.98 Å². The highest BCUT2D eigenvalue weighted by molar-refractivity contribution is 7.22. The highest BCUT2D eigenvalue weighted by Crippen LogP contribution is 2.32. The van der Waals surface area contributed by atoms with E-state index in [0.717, 1.165) is 65.9 Å². The predicted molar refractivity (Wildman–Crippen MR) is 117 cm³/mol. The van der Waals surface area contributed by atoms with Crippen LogP contribution in [-0.2, 0) is 11.2 Å². The number of nitrogens with zero attached hydrogens (tertiary/aromatic N) is 3. The van der Waals surface area contributed by atoms with Crippen LogP contribution in [0.4, 0.5) is 5.13 Å². The second kappa shape index (κ2) is 9.13. The minimum absolute atomic E-state index is 0.0501. The van der Waals surface area contributed by atoms with Crippen molar-refractivity contribution in [1.29, 1.82) is 0 Å². The van der Waals surface area contributed by atoms with E-state index < -0.39 is 0 Å². The summed E-state index contributed by atoms with van der Waals surface area (Å²) in [7, 11) is 0. The highest BCUT2D eigenvalue weighted by Gasteiger charge is 2.23. The number of thiazole rings is 1. The zero-order chi connectivity index (χ0) is 19.3. The second-order valence-electron chi connectivity index (χ2n) is 6.86. The molecule has 1 amide bonds. The van der Waals surface area contributed by atoms with Crippen LogP contribution in [0, 0.1) is 0 Å². The molecule has 1 fully saturated rings. The summed E-state index contributed by atoms with van der Waals surface area (Å²) in [6.07, 6.45) is 1.87. The van der Waals surface area contributed by atoms with E-state index >= 15 is 0 Å². The maximum Gasteiger partial charge on any atom is 0.270 e. The lowest BCUT2D eigenvalue weighted by molar-refractivity contribution is 0.0376. The maximum absolute atomic E-state index is 13.2. The molecular formula is C21H25N3O2S2. The standard InChI is InChI=1S/C21H25N3O2S2/c1-2-16-6-3-7-17-19(16)22-21(28-17)24(20(25)18-8-4-15-27-18)10-5-9-23-11-13-26-14-12-23/h3-4,6-8,15H,2,5,9-14H2,1H3. The molecule has 1 aliphatic rings. The number of rotatable bonds is 7. The van der Waals surface area contributed by atoms with Gasteiger partial charge in [0.25, 0.3) is 5.91 Å². The number of benzene rings is 1. The van der Waals surface area contributed by atoms with E-state index in [-0.39, 0.29) is 5.91 Å². The number of ether oxygens (including phenoxy) is 1. The molecule has 5 nitrogen and oxygen atoms in total. The minimum atomic E-state index is 0.0501. The van der Waals surface area contributed by atoms with Crippen molar-refractivity contribution in [2.24, 2.45) is 0 Å². The highest BCUT2D eigenvalue weighted by atomic mass is 32.1. The molecule has 7 heteroatoms. The Morgan fingerprint density at radius 1 is 1.25 bits per heavy atom. The smallest absolute Gasteiger partial charge is 0.270 e. The van der Waals surface area contributed by atoms with Crippen LogP contribution >= 0.6 is 22.7 Å². The summed E-state index contributed by atoms with van der Waals surface area (Å²) < 4.78 is 6.57. The van der Waals surface area contributed by atoms with Crippen molar-refractivity contribution in [3.63, 3.8) is 0 Å². The molecule has 3 heterocycles. The van der Waals surface area contributed by atoms with Gasteiger partial charge in [0.15, 0.2) is 5.13 Å². The Kier molecular flexibility index (Phi) is 6.36. The normalized spacial score (nSPS) is 15.2. The van der Waals surface area contributed by atoms with Crippen molar-refractivity contribution >= 4 is 43.9 Å². The lowest BCUT2D eigenvalue weighted by Gasteiger charge is -2.27. The fourth-order valence-corrected chi connectivity index (χ4v) is 5.20. The number of aryl methyl sites for hydroxylation is 1. The van der Waals surface area contributed by atoms with Crippen LogP contribution in [0.15, 0.2) is 35.7 Å². The lowest BCUT2D eigenvalue weighted by Crippen LogP contribution is -2.39. The van der Waals surface area contributed by atoms with Crippen molar-refractivity contribution in [3.8, 4) is 0 Å². The molecular weight excluding hydrogens is 390 g/mol. The van der Waals surface area contributed by atoms with Crippen LogP contribution in [0.1, 0.15) is 28.6 Å². The molecule has 3 aromatic rings. The number of carbonyl (C=O) groups excluding carboxylic acids is 1. The van der Waals surface area contributed by atoms with Crippen LogP contribution in [0.25, 0.3) is 10.2 Å². The zero-order valence-corrected chi connectivity index (χ0v) is 17.7. The van der Waals surface area contributed by atoms with E-state index in [1.54, 1.807) is 11.3 Å². The third kappa shape index (κ3) is 4.27. The summed E-state index contributed by atoms with van der Waals surface area (Å²) >= 11 is 3.10. The summed E-state index contributed by atoms with van der Waals surface area (Å²) in [5, 5.41) is 2.75. The summed E-state index contributed by atoms with van der Waals surface area (Å²) in [6, 6.07) is 10.1. The quantitative estimate of drug-likeness (QED) is 0.578. The van der Waals surface area contributed by atoms with Gasteiger partial charge in [0, 0.05) is 26.2 Å². The van der Waals surface area contributed by atoms with Crippen LogP contribution in [-0.4, -0.2) is 55.2 Å². The molecule has 0 atom stereocenters. The number of anilines is 1. The Bertz CT molecular complexity index is 917. The van der Waals surface area contributed by atoms with Crippen molar-refractivity contribution < 1.29 is 9.53 Å². The van der Waals surface area contributed by atoms with Crippen LogP contribution < -0.4 is 4.90 Å². The van der Waals surface area contributed by atoms with Gasteiger partial charge in [0.2, 0.25) is 0 Å². The van der Waals surface area contributed by atoms with Crippen molar-refractivity contribution in [3.05, 3.63) is 46.2 Å². The number of aromatic nitrogens is 1. The average molecular weight is 416 g/mol. The largest absolute Gasteiger partial charge is 0.379 e. The first-order valence-corrected chi connectivity index (χ1v) is 11.5. The summed E-state index contributed by atoms with van der Waals surface area (Å²) in [5.41, 5.74) is 2.26.